The molecule has 1 N–H and O–H groups in total. The molecular formula is C16H21F3N2O. The second kappa shape index (κ2) is 6.28. The number of nitrogens with zero attached hydrogens (tertiary/aromatic N) is 1. The number of rotatable bonds is 2. The lowest BCUT2D eigenvalue weighted by molar-refractivity contribution is -0.139. The molecule has 2 rings (SSSR count). The number of carbonyl (C=O) groups is 1. The van der Waals surface area contributed by atoms with Gasteiger partial charge in [-0.25, -0.2) is 0 Å². The van der Waals surface area contributed by atoms with Gasteiger partial charge in [0.1, 0.15) is 0 Å². The topological polar surface area (TPSA) is 32.3 Å². The van der Waals surface area contributed by atoms with E-state index < -0.39 is 17.2 Å². The average Bonchev–Trinajstić information content (AvgIpc) is 2.74. The van der Waals surface area contributed by atoms with E-state index in [4.69, 9.17) is 0 Å². The number of carbonyl (C=O) groups excluding carboxylic acids is 1. The maximum Gasteiger partial charge on any atom is 0.416 e. The molecule has 1 aliphatic rings. The van der Waals surface area contributed by atoms with Crippen LogP contribution in [-0.2, 0) is 16.4 Å². The molecule has 0 aliphatic carbocycles. The lowest BCUT2D eigenvalue weighted by Gasteiger charge is -2.32. The Kier molecular flexibility index (Phi) is 4.80. The molecule has 1 aromatic rings. The first-order valence-corrected chi connectivity index (χ1v) is 7.41. The molecule has 0 atom stereocenters. The van der Waals surface area contributed by atoms with Crippen molar-refractivity contribution < 1.29 is 18.0 Å². The summed E-state index contributed by atoms with van der Waals surface area (Å²) >= 11 is 0. The van der Waals surface area contributed by atoms with Gasteiger partial charge in [0.25, 0.3) is 0 Å². The van der Waals surface area contributed by atoms with Crippen molar-refractivity contribution in [2.24, 2.45) is 0 Å². The predicted octanol–water partition coefficient (Wildman–Crippen LogP) is 2.80. The molecule has 3 nitrogen and oxygen atoms in total. The first-order valence-electron chi connectivity index (χ1n) is 7.41. The van der Waals surface area contributed by atoms with Crippen LogP contribution in [0.3, 0.4) is 0 Å². The van der Waals surface area contributed by atoms with Crippen LogP contribution in [0.1, 0.15) is 31.4 Å². The number of hydrogen-bond acceptors (Lipinski definition) is 2. The Bertz CT molecular complexity index is 532. The van der Waals surface area contributed by atoms with E-state index in [9.17, 15) is 18.0 Å². The van der Waals surface area contributed by atoms with Gasteiger partial charge in [0, 0.05) is 19.6 Å². The van der Waals surface area contributed by atoms with Crippen LogP contribution in [0.15, 0.2) is 24.3 Å². The highest BCUT2D eigenvalue weighted by molar-refractivity contribution is 5.87. The lowest BCUT2D eigenvalue weighted by atomic mass is 9.82. The summed E-state index contributed by atoms with van der Waals surface area (Å²) < 4.78 is 38.6. The van der Waals surface area contributed by atoms with Crippen LogP contribution in [0.4, 0.5) is 13.2 Å². The van der Waals surface area contributed by atoms with E-state index >= 15 is 0 Å². The van der Waals surface area contributed by atoms with Crippen molar-refractivity contribution in [3.8, 4) is 0 Å². The summed E-state index contributed by atoms with van der Waals surface area (Å²) in [6.07, 6.45) is -3.55. The maximum absolute atomic E-state index is 12.9. The van der Waals surface area contributed by atoms with Gasteiger partial charge in [0.15, 0.2) is 0 Å². The number of alkyl halides is 3. The van der Waals surface area contributed by atoms with Crippen molar-refractivity contribution in [1.82, 2.24) is 10.2 Å². The van der Waals surface area contributed by atoms with Gasteiger partial charge in [0.05, 0.1) is 11.0 Å². The zero-order chi connectivity index (χ0) is 16.4. The fourth-order valence-electron chi connectivity index (χ4n) is 2.65. The normalized spacial score (nSPS) is 17.2. The molecule has 6 heteroatoms. The molecule has 22 heavy (non-hydrogen) atoms. The van der Waals surface area contributed by atoms with Crippen molar-refractivity contribution in [2.45, 2.75) is 31.9 Å². The SMILES string of the molecule is CC(C)(C(=O)N1CCCNCC1)c1cccc(C(F)(F)F)c1. The Morgan fingerprint density at radius 3 is 2.50 bits per heavy atom. The Labute approximate surface area is 128 Å². The van der Waals surface area contributed by atoms with Gasteiger partial charge in [0.2, 0.25) is 5.91 Å². The van der Waals surface area contributed by atoms with E-state index in [1.165, 1.54) is 6.07 Å². The van der Waals surface area contributed by atoms with Crippen LogP contribution >= 0.6 is 0 Å². The van der Waals surface area contributed by atoms with Gasteiger partial charge in [-0.2, -0.15) is 13.2 Å². The van der Waals surface area contributed by atoms with E-state index in [1.807, 2.05) is 0 Å². The number of halogens is 3. The van der Waals surface area contributed by atoms with E-state index in [0.29, 0.717) is 25.2 Å². The highest BCUT2D eigenvalue weighted by Gasteiger charge is 2.36. The third-order valence-corrected chi connectivity index (χ3v) is 4.07. The number of nitrogens with one attached hydrogen (secondary N) is 1. The van der Waals surface area contributed by atoms with E-state index in [1.54, 1.807) is 24.8 Å². The minimum atomic E-state index is -4.40. The van der Waals surface area contributed by atoms with E-state index in [2.05, 4.69) is 5.32 Å². The van der Waals surface area contributed by atoms with Crippen molar-refractivity contribution >= 4 is 5.91 Å². The number of benzene rings is 1. The Hall–Kier alpha value is -1.56. The molecule has 0 spiro atoms. The Morgan fingerprint density at radius 2 is 1.82 bits per heavy atom. The van der Waals surface area contributed by atoms with Crippen LogP contribution in [0.2, 0.25) is 0 Å². The van der Waals surface area contributed by atoms with Gasteiger partial charge < -0.3 is 10.2 Å². The molecular weight excluding hydrogens is 293 g/mol. The predicted molar refractivity (Wildman–Crippen MR) is 78.5 cm³/mol. The minimum absolute atomic E-state index is 0.129. The molecule has 0 unspecified atom stereocenters. The van der Waals surface area contributed by atoms with E-state index in [-0.39, 0.29) is 5.91 Å². The Morgan fingerprint density at radius 1 is 1.14 bits per heavy atom. The summed E-state index contributed by atoms with van der Waals surface area (Å²) in [4.78, 5) is 14.5. The molecule has 1 saturated heterocycles. The van der Waals surface area contributed by atoms with Gasteiger partial charge >= 0.3 is 6.18 Å². The molecule has 1 aliphatic heterocycles. The highest BCUT2D eigenvalue weighted by atomic mass is 19.4. The molecule has 0 radical (unpaired) electrons. The molecule has 1 aromatic carbocycles. The quantitative estimate of drug-likeness (QED) is 0.910. The number of amides is 1. The van der Waals surface area contributed by atoms with Gasteiger partial charge in [-0.15, -0.1) is 0 Å². The minimum Gasteiger partial charge on any atom is -0.341 e. The molecule has 0 bridgehead atoms. The van der Waals surface area contributed by atoms with E-state index in [0.717, 1.165) is 25.1 Å². The third-order valence-electron chi connectivity index (χ3n) is 4.07. The molecule has 0 saturated carbocycles. The summed E-state index contributed by atoms with van der Waals surface area (Å²) in [5.74, 6) is -0.129. The lowest BCUT2D eigenvalue weighted by Crippen LogP contribution is -2.45. The first-order chi connectivity index (χ1) is 10.2. The molecule has 1 fully saturated rings. The van der Waals surface area contributed by atoms with Crippen LogP contribution in [0.5, 0.6) is 0 Å². The fraction of sp³-hybridized carbons (Fsp3) is 0.562. The second-order valence-corrected chi connectivity index (χ2v) is 6.10. The standard InChI is InChI=1S/C16H21F3N2O/c1-15(2,14(22)21-9-4-7-20-8-10-21)12-5-3-6-13(11-12)16(17,18)19/h3,5-6,11,20H,4,7-10H2,1-2H3. The van der Waals surface area contributed by atoms with Crippen LogP contribution in [-0.4, -0.2) is 37.0 Å². The van der Waals surface area contributed by atoms with Crippen LogP contribution in [0, 0.1) is 0 Å². The van der Waals surface area contributed by atoms with Crippen LogP contribution in [0.25, 0.3) is 0 Å². The van der Waals surface area contributed by atoms with Crippen molar-refractivity contribution in [3.63, 3.8) is 0 Å². The largest absolute Gasteiger partial charge is 0.416 e. The first kappa shape index (κ1) is 16.8. The Balaban J connectivity index is 2.27. The average molecular weight is 314 g/mol. The maximum atomic E-state index is 12.9. The highest BCUT2D eigenvalue weighted by Crippen LogP contribution is 2.33. The molecule has 1 amide bonds. The van der Waals surface area contributed by atoms with Gasteiger partial charge in [-0.1, -0.05) is 18.2 Å². The molecule has 122 valence electrons. The molecule has 0 aromatic heterocycles. The van der Waals surface area contributed by atoms with Crippen LogP contribution < -0.4 is 5.32 Å². The smallest absolute Gasteiger partial charge is 0.341 e. The van der Waals surface area contributed by atoms with Gasteiger partial charge in [-0.3, -0.25) is 4.79 Å². The second-order valence-electron chi connectivity index (χ2n) is 6.10. The van der Waals surface area contributed by atoms with Gasteiger partial charge in [-0.05, 0) is 38.4 Å². The monoisotopic (exact) mass is 314 g/mol. The third kappa shape index (κ3) is 3.61. The summed E-state index contributed by atoms with van der Waals surface area (Å²) in [5.41, 5.74) is -1.31. The summed E-state index contributed by atoms with van der Waals surface area (Å²) in [7, 11) is 0. The number of hydrogen-bond donors (Lipinski definition) is 1. The zero-order valence-corrected chi connectivity index (χ0v) is 12.8. The summed E-state index contributed by atoms with van der Waals surface area (Å²) in [6, 6.07) is 5.05. The van der Waals surface area contributed by atoms with Crippen molar-refractivity contribution in [3.05, 3.63) is 35.4 Å². The fourth-order valence-corrected chi connectivity index (χ4v) is 2.65. The summed E-state index contributed by atoms with van der Waals surface area (Å²) in [6.45, 7) is 6.15. The van der Waals surface area contributed by atoms with Crippen molar-refractivity contribution in [1.29, 1.82) is 0 Å². The zero-order valence-electron chi connectivity index (χ0n) is 12.8. The van der Waals surface area contributed by atoms with Crippen molar-refractivity contribution in [2.75, 3.05) is 26.2 Å². The molecule has 1 heterocycles. The summed E-state index contributed by atoms with van der Waals surface area (Å²) in [5, 5.41) is 3.21.